The van der Waals surface area contributed by atoms with Crippen LogP contribution in [0.3, 0.4) is 0 Å². The number of amides is 1. The van der Waals surface area contributed by atoms with Crippen molar-refractivity contribution in [2.45, 2.75) is 19.5 Å². The number of likely N-dealkylation sites (tertiary alicyclic amines) is 2. The fourth-order valence-electron chi connectivity index (χ4n) is 2.90. The second-order valence-electron chi connectivity index (χ2n) is 4.98. The normalized spacial score (nSPS) is 29.8. The Balaban J connectivity index is 1.85. The number of hydrogen-bond donors (Lipinski definition) is 0. The molecule has 98 valence electrons. The van der Waals surface area contributed by atoms with Crippen LogP contribution in [0.25, 0.3) is 0 Å². The molecule has 1 amide bonds. The van der Waals surface area contributed by atoms with Gasteiger partial charge in [-0.1, -0.05) is 6.92 Å². The summed E-state index contributed by atoms with van der Waals surface area (Å²) < 4.78 is 36.7. The first-order chi connectivity index (χ1) is 7.89. The Kier molecular flexibility index (Phi) is 3.34. The van der Waals surface area contributed by atoms with E-state index < -0.39 is 12.7 Å². The van der Waals surface area contributed by atoms with E-state index in [0.29, 0.717) is 32.6 Å². The molecule has 2 aliphatic rings. The number of halogens is 3. The van der Waals surface area contributed by atoms with Gasteiger partial charge < -0.3 is 4.90 Å². The molecule has 2 unspecified atom stereocenters. The van der Waals surface area contributed by atoms with Gasteiger partial charge in [-0.2, -0.15) is 13.2 Å². The Labute approximate surface area is 98.6 Å². The lowest BCUT2D eigenvalue weighted by Crippen LogP contribution is -2.36. The van der Waals surface area contributed by atoms with Crippen molar-refractivity contribution >= 4 is 5.91 Å². The topological polar surface area (TPSA) is 23.6 Å². The number of hydrogen-bond acceptors (Lipinski definition) is 2. The second-order valence-corrected chi connectivity index (χ2v) is 4.98. The van der Waals surface area contributed by atoms with Crippen molar-refractivity contribution in [3.05, 3.63) is 0 Å². The maximum Gasteiger partial charge on any atom is 0.401 e. The third-order valence-corrected chi connectivity index (χ3v) is 3.62. The van der Waals surface area contributed by atoms with Crippen molar-refractivity contribution in [1.82, 2.24) is 9.80 Å². The van der Waals surface area contributed by atoms with Crippen molar-refractivity contribution in [3.63, 3.8) is 0 Å². The summed E-state index contributed by atoms with van der Waals surface area (Å²) in [5, 5.41) is 0. The van der Waals surface area contributed by atoms with Crippen LogP contribution in [0.5, 0.6) is 0 Å². The summed E-state index contributed by atoms with van der Waals surface area (Å²) in [6.07, 6.45) is -3.64. The highest BCUT2D eigenvalue weighted by Crippen LogP contribution is 2.32. The predicted molar refractivity (Wildman–Crippen MR) is 56.3 cm³/mol. The van der Waals surface area contributed by atoms with Gasteiger partial charge in [-0.15, -0.1) is 0 Å². The smallest absolute Gasteiger partial charge is 0.342 e. The molecular formula is C11H17F3N2O. The van der Waals surface area contributed by atoms with Crippen molar-refractivity contribution < 1.29 is 18.0 Å². The van der Waals surface area contributed by atoms with Gasteiger partial charge in [0.1, 0.15) is 0 Å². The molecule has 2 rings (SSSR count). The number of carbonyl (C=O) groups excluding carboxylic acids is 1. The van der Waals surface area contributed by atoms with Gasteiger partial charge in [-0.25, -0.2) is 0 Å². The molecule has 3 nitrogen and oxygen atoms in total. The highest BCUT2D eigenvalue weighted by molar-refractivity contribution is 5.76. The van der Waals surface area contributed by atoms with E-state index in [4.69, 9.17) is 0 Å². The first-order valence-electron chi connectivity index (χ1n) is 5.96. The molecule has 2 fully saturated rings. The van der Waals surface area contributed by atoms with E-state index in [1.165, 1.54) is 4.90 Å². The number of rotatable bonds is 2. The van der Waals surface area contributed by atoms with Crippen LogP contribution in [0.4, 0.5) is 13.2 Å². The molecular weight excluding hydrogens is 233 g/mol. The van der Waals surface area contributed by atoms with Crippen molar-refractivity contribution in [2.24, 2.45) is 11.8 Å². The summed E-state index contributed by atoms with van der Waals surface area (Å²) in [7, 11) is 0. The highest BCUT2D eigenvalue weighted by atomic mass is 19.4. The molecule has 2 aliphatic heterocycles. The fraction of sp³-hybridized carbons (Fsp3) is 0.909. The minimum atomic E-state index is -4.11. The zero-order valence-electron chi connectivity index (χ0n) is 9.83. The van der Waals surface area contributed by atoms with Crippen LogP contribution in [0.2, 0.25) is 0 Å². The van der Waals surface area contributed by atoms with Crippen molar-refractivity contribution in [1.29, 1.82) is 0 Å². The third kappa shape index (κ3) is 2.91. The number of fused-ring (bicyclic) bond motifs is 1. The average Bonchev–Trinajstić information content (AvgIpc) is 2.71. The highest BCUT2D eigenvalue weighted by Gasteiger charge is 2.43. The third-order valence-electron chi connectivity index (χ3n) is 3.62. The maximum atomic E-state index is 12.2. The van der Waals surface area contributed by atoms with Gasteiger partial charge in [0.05, 0.1) is 6.54 Å². The first kappa shape index (κ1) is 12.7. The van der Waals surface area contributed by atoms with Crippen LogP contribution < -0.4 is 0 Å². The average molecular weight is 250 g/mol. The van der Waals surface area contributed by atoms with E-state index in [-0.39, 0.29) is 17.7 Å². The Morgan fingerprint density at radius 1 is 1.18 bits per heavy atom. The molecule has 0 aromatic carbocycles. The molecule has 2 saturated heterocycles. The zero-order valence-corrected chi connectivity index (χ0v) is 9.83. The largest absolute Gasteiger partial charge is 0.401 e. The molecule has 0 N–H and O–H groups in total. The molecule has 2 atom stereocenters. The van der Waals surface area contributed by atoms with Crippen LogP contribution >= 0.6 is 0 Å². The molecule has 0 aliphatic carbocycles. The van der Waals surface area contributed by atoms with E-state index in [9.17, 15) is 18.0 Å². The minimum Gasteiger partial charge on any atom is -0.342 e. The minimum absolute atomic E-state index is 0.113. The quantitative estimate of drug-likeness (QED) is 0.738. The molecule has 6 heteroatoms. The Morgan fingerprint density at radius 2 is 1.71 bits per heavy atom. The number of carbonyl (C=O) groups is 1. The lowest BCUT2D eigenvalue weighted by atomic mass is 10.0. The summed E-state index contributed by atoms with van der Waals surface area (Å²) >= 11 is 0. The summed E-state index contributed by atoms with van der Waals surface area (Å²) in [6.45, 7) is 3.20. The Hall–Kier alpha value is -0.780. The van der Waals surface area contributed by atoms with Crippen LogP contribution in [0.15, 0.2) is 0 Å². The van der Waals surface area contributed by atoms with Gasteiger partial charge in [-0.05, 0) is 11.8 Å². The summed E-state index contributed by atoms with van der Waals surface area (Å²) in [5.41, 5.74) is 0. The first-order valence-corrected chi connectivity index (χ1v) is 5.96. The van der Waals surface area contributed by atoms with Crippen LogP contribution in [-0.4, -0.2) is 54.6 Å². The van der Waals surface area contributed by atoms with Crippen LogP contribution in [0, 0.1) is 11.8 Å². The molecule has 0 spiro atoms. The Morgan fingerprint density at radius 3 is 2.12 bits per heavy atom. The van der Waals surface area contributed by atoms with Crippen molar-refractivity contribution in [3.8, 4) is 0 Å². The number of nitrogens with zero attached hydrogens (tertiary/aromatic N) is 2. The van der Waals surface area contributed by atoms with Crippen LogP contribution in [-0.2, 0) is 4.79 Å². The molecule has 2 heterocycles. The van der Waals surface area contributed by atoms with Gasteiger partial charge in [0.2, 0.25) is 5.91 Å². The monoisotopic (exact) mass is 250 g/mol. The van der Waals surface area contributed by atoms with Gasteiger partial charge in [0, 0.05) is 32.6 Å². The number of alkyl halides is 3. The lowest BCUT2D eigenvalue weighted by Gasteiger charge is -2.22. The van der Waals surface area contributed by atoms with Gasteiger partial charge in [0.25, 0.3) is 0 Å². The van der Waals surface area contributed by atoms with E-state index in [1.807, 2.05) is 6.92 Å². The lowest BCUT2D eigenvalue weighted by molar-refractivity contribution is -0.145. The van der Waals surface area contributed by atoms with Gasteiger partial charge in [-0.3, -0.25) is 9.69 Å². The summed E-state index contributed by atoms with van der Waals surface area (Å²) in [4.78, 5) is 14.7. The van der Waals surface area contributed by atoms with E-state index >= 15 is 0 Å². The molecule has 0 aromatic rings. The molecule has 0 saturated carbocycles. The molecule has 0 bridgehead atoms. The second kappa shape index (κ2) is 4.48. The zero-order chi connectivity index (χ0) is 12.6. The molecule has 17 heavy (non-hydrogen) atoms. The fourth-order valence-corrected chi connectivity index (χ4v) is 2.90. The SMILES string of the molecule is CCC(=O)N1CC2CN(CC(F)(F)F)CC2C1. The molecule has 0 aromatic heterocycles. The molecule has 0 radical (unpaired) electrons. The standard InChI is InChI=1S/C11H17F3N2O/c1-2-10(17)16-5-8-3-15(4-9(8)6-16)7-11(12,13)14/h8-9H,2-7H2,1H3. The van der Waals surface area contributed by atoms with E-state index in [1.54, 1.807) is 4.90 Å². The van der Waals surface area contributed by atoms with Crippen molar-refractivity contribution in [2.75, 3.05) is 32.7 Å². The van der Waals surface area contributed by atoms with E-state index in [0.717, 1.165) is 0 Å². The predicted octanol–water partition coefficient (Wildman–Crippen LogP) is 1.35. The van der Waals surface area contributed by atoms with Gasteiger partial charge >= 0.3 is 6.18 Å². The van der Waals surface area contributed by atoms with Gasteiger partial charge in [0.15, 0.2) is 0 Å². The summed E-state index contributed by atoms with van der Waals surface area (Å²) in [6, 6.07) is 0. The summed E-state index contributed by atoms with van der Waals surface area (Å²) in [5.74, 6) is 0.572. The van der Waals surface area contributed by atoms with E-state index in [2.05, 4.69) is 0 Å². The van der Waals surface area contributed by atoms with Crippen LogP contribution in [0.1, 0.15) is 13.3 Å². The Bertz CT molecular complexity index is 292. The maximum absolute atomic E-state index is 12.2.